The maximum Gasteiger partial charge on any atom is 0.169 e. The van der Waals surface area contributed by atoms with Gasteiger partial charge < -0.3 is 10.2 Å². The highest BCUT2D eigenvalue weighted by Gasteiger charge is 2.77. The minimum Gasteiger partial charge on any atom is -0.388 e. The second kappa shape index (κ2) is 5.65. The molecule has 0 aliphatic heterocycles. The van der Waals surface area contributed by atoms with Gasteiger partial charge in [-0.2, -0.15) is 0 Å². The molecule has 2 fully saturated rings. The van der Waals surface area contributed by atoms with E-state index < -0.39 is 44.9 Å². The fraction of sp³-hybridized carbons (Fsp3) is 0.667. The van der Waals surface area contributed by atoms with E-state index in [2.05, 4.69) is 0 Å². The van der Waals surface area contributed by atoms with E-state index in [4.69, 9.17) is 0 Å². The fourth-order valence-electron chi connectivity index (χ4n) is 7.17. The van der Waals surface area contributed by atoms with Gasteiger partial charge in [0.1, 0.15) is 5.78 Å². The first-order valence-electron chi connectivity index (χ1n) is 10.6. The van der Waals surface area contributed by atoms with Crippen molar-refractivity contribution in [2.45, 2.75) is 72.5 Å². The maximum atomic E-state index is 13.6. The van der Waals surface area contributed by atoms with Crippen LogP contribution in [0.2, 0.25) is 0 Å². The molecule has 6 unspecified atom stereocenters. The molecule has 4 aliphatic carbocycles. The third-order valence-electron chi connectivity index (χ3n) is 9.42. The maximum absolute atomic E-state index is 13.6. The Hall–Kier alpha value is -1.92. The molecule has 0 aromatic heterocycles. The van der Waals surface area contributed by atoms with Crippen LogP contribution in [0.1, 0.15) is 60.8 Å². The molecule has 0 heterocycles. The van der Waals surface area contributed by atoms with E-state index in [1.54, 1.807) is 6.92 Å². The van der Waals surface area contributed by atoms with Crippen molar-refractivity contribution in [2.24, 2.45) is 27.6 Å². The lowest BCUT2D eigenvalue weighted by atomic mass is 9.39. The SMILES string of the molecule is CC(=O)C1=CC(O)C2(C)C1(C)C(=O)C=C1C3(C)CCC(=O)C(C)(C)C3CC(=O)C12O. The van der Waals surface area contributed by atoms with Gasteiger partial charge in [-0.05, 0) is 49.3 Å². The summed E-state index contributed by atoms with van der Waals surface area (Å²) in [6.45, 7) is 9.96. The summed E-state index contributed by atoms with van der Waals surface area (Å²) in [6.07, 6.45) is 2.01. The number of rotatable bonds is 1. The van der Waals surface area contributed by atoms with Crippen molar-refractivity contribution in [3.8, 4) is 0 Å². The molecule has 6 nitrogen and oxygen atoms in total. The number of ketones is 4. The van der Waals surface area contributed by atoms with E-state index in [1.165, 1.54) is 26.0 Å². The molecule has 162 valence electrons. The number of hydrogen-bond donors (Lipinski definition) is 2. The standard InChI is InChI=1S/C24H30O6/c1-12(25)13-9-18(28)23(6)22(13,5)17(27)11-15-21(4)8-7-16(26)20(2,3)14(21)10-19(29)24(15,23)30/h9,11,14,18,28,30H,7-8,10H2,1-6H3. The van der Waals surface area contributed by atoms with Crippen molar-refractivity contribution in [3.05, 3.63) is 23.3 Å². The van der Waals surface area contributed by atoms with Crippen LogP contribution in [0.25, 0.3) is 0 Å². The molecule has 0 saturated heterocycles. The van der Waals surface area contributed by atoms with Gasteiger partial charge in [-0.1, -0.05) is 27.7 Å². The average molecular weight is 414 g/mol. The van der Waals surface area contributed by atoms with Crippen LogP contribution in [0.3, 0.4) is 0 Å². The molecule has 30 heavy (non-hydrogen) atoms. The van der Waals surface area contributed by atoms with Crippen LogP contribution in [-0.4, -0.2) is 45.1 Å². The fourth-order valence-corrected chi connectivity index (χ4v) is 7.17. The zero-order valence-corrected chi connectivity index (χ0v) is 18.5. The zero-order chi connectivity index (χ0) is 22.7. The number of aliphatic hydroxyl groups excluding tert-OH is 1. The molecule has 0 aromatic rings. The van der Waals surface area contributed by atoms with Crippen molar-refractivity contribution in [3.63, 3.8) is 0 Å². The lowest BCUT2D eigenvalue weighted by molar-refractivity contribution is -0.194. The first kappa shape index (κ1) is 21.3. The van der Waals surface area contributed by atoms with Gasteiger partial charge in [0.25, 0.3) is 0 Å². The lowest BCUT2D eigenvalue weighted by Crippen LogP contribution is -2.73. The van der Waals surface area contributed by atoms with Crippen molar-refractivity contribution < 1.29 is 29.4 Å². The van der Waals surface area contributed by atoms with Crippen molar-refractivity contribution in [2.75, 3.05) is 0 Å². The molecular formula is C24H30O6. The van der Waals surface area contributed by atoms with Gasteiger partial charge in [0.05, 0.1) is 16.9 Å². The van der Waals surface area contributed by atoms with Crippen LogP contribution in [0, 0.1) is 27.6 Å². The number of carbonyl (C=O) groups excluding carboxylic acids is 4. The summed E-state index contributed by atoms with van der Waals surface area (Å²) in [5, 5.41) is 23.2. The minimum atomic E-state index is -2.11. The number of Topliss-reactive ketones (excluding diaryl/α,β-unsaturated/α-hetero) is 3. The normalized spacial score (nSPS) is 47.1. The number of allylic oxidation sites excluding steroid dienone is 2. The summed E-state index contributed by atoms with van der Waals surface area (Å²) >= 11 is 0. The van der Waals surface area contributed by atoms with Crippen molar-refractivity contribution >= 4 is 23.1 Å². The second-order valence-corrected chi connectivity index (χ2v) is 10.8. The highest BCUT2D eigenvalue weighted by atomic mass is 16.3. The van der Waals surface area contributed by atoms with Crippen LogP contribution in [-0.2, 0) is 19.2 Å². The van der Waals surface area contributed by atoms with Crippen LogP contribution in [0.5, 0.6) is 0 Å². The Balaban J connectivity index is 2.02. The smallest absolute Gasteiger partial charge is 0.169 e. The number of aliphatic hydroxyl groups is 2. The van der Waals surface area contributed by atoms with Crippen LogP contribution in [0.15, 0.2) is 23.3 Å². The molecule has 0 bridgehead atoms. The predicted molar refractivity (Wildman–Crippen MR) is 108 cm³/mol. The monoisotopic (exact) mass is 414 g/mol. The lowest BCUT2D eigenvalue weighted by Gasteiger charge is -2.64. The molecule has 2 N–H and O–H groups in total. The third-order valence-corrected chi connectivity index (χ3v) is 9.42. The van der Waals surface area contributed by atoms with E-state index in [1.807, 2.05) is 20.8 Å². The molecule has 0 spiro atoms. The van der Waals surface area contributed by atoms with E-state index in [-0.39, 0.29) is 29.5 Å². The van der Waals surface area contributed by atoms with E-state index in [0.29, 0.717) is 18.4 Å². The molecule has 0 amide bonds. The number of carbonyl (C=O) groups is 4. The van der Waals surface area contributed by atoms with Gasteiger partial charge in [0.2, 0.25) is 0 Å². The Morgan fingerprint density at radius 1 is 1.07 bits per heavy atom. The molecule has 6 heteroatoms. The van der Waals surface area contributed by atoms with E-state index in [9.17, 15) is 29.4 Å². The topological polar surface area (TPSA) is 109 Å². The molecular weight excluding hydrogens is 384 g/mol. The van der Waals surface area contributed by atoms with E-state index in [0.717, 1.165) is 0 Å². The quantitative estimate of drug-likeness (QED) is 0.680. The summed E-state index contributed by atoms with van der Waals surface area (Å²) in [7, 11) is 0. The highest BCUT2D eigenvalue weighted by molar-refractivity contribution is 6.12. The van der Waals surface area contributed by atoms with Gasteiger partial charge in [-0.3, -0.25) is 19.2 Å². The Morgan fingerprint density at radius 2 is 1.67 bits per heavy atom. The van der Waals surface area contributed by atoms with Crippen molar-refractivity contribution in [1.29, 1.82) is 0 Å². The molecule has 6 atom stereocenters. The van der Waals surface area contributed by atoms with Gasteiger partial charge in [-0.15, -0.1) is 0 Å². The second-order valence-electron chi connectivity index (χ2n) is 10.8. The Kier molecular flexibility index (Phi) is 4.02. The average Bonchev–Trinajstić information content (AvgIpc) is 2.88. The summed E-state index contributed by atoms with van der Waals surface area (Å²) in [5.41, 5.74) is -6.34. The summed E-state index contributed by atoms with van der Waals surface area (Å²) in [5.74, 6) is -1.55. The summed E-state index contributed by atoms with van der Waals surface area (Å²) < 4.78 is 0. The van der Waals surface area contributed by atoms with Crippen LogP contribution < -0.4 is 0 Å². The van der Waals surface area contributed by atoms with Gasteiger partial charge in [-0.25, -0.2) is 0 Å². The molecule has 4 aliphatic rings. The largest absolute Gasteiger partial charge is 0.388 e. The van der Waals surface area contributed by atoms with Crippen molar-refractivity contribution in [1.82, 2.24) is 0 Å². The Bertz CT molecular complexity index is 986. The Labute approximate surface area is 176 Å². The Morgan fingerprint density at radius 3 is 2.23 bits per heavy atom. The minimum absolute atomic E-state index is 0.0228. The predicted octanol–water partition coefficient (Wildman–Crippen LogP) is 2.11. The highest BCUT2D eigenvalue weighted by Crippen LogP contribution is 2.70. The number of hydrogen-bond acceptors (Lipinski definition) is 6. The van der Waals surface area contributed by atoms with Crippen LogP contribution in [0.4, 0.5) is 0 Å². The molecule has 2 saturated carbocycles. The van der Waals surface area contributed by atoms with Gasteiger partial charge in [0, 0.05) is 23.8 Å². The van der Waals surface area contributed by atoms with Crippen LogP contribution >= 0.6 is 0 Å². The van der Waals surface area contributed by atoms with E-state index >= 15 is 0 Å². The number of fused-ring (bicyclic) bond motifs is 5. The molecule has 4 rings (SSSR count). The molecule has 0 aromatic carbocycles. The zero-order valence-electron chi connectivity index (χ0n) is 18.5. The first-order chi connectivity index (χ1) is 13.6. The first-order valence-corrected chi connectivity index (χ1v) is 10.6. The summed E-state index contributed by atoms with van der Waals surface area (Å²) in [4.78, 5) is 52.2. The molecule has 0 radical (unpaired) electrons. The third kappa shape index (κ3) is 1.93. The van der Waals surface area contributed by atoms with Gasteiger partial charge in [0.15, 0.2) is 23.0 Å². The summed E-state index contributed by atoms with van der Waals surface area (Å²) in [6, 6.07) is 0. The van der Waals surface area contributed by atoms with Gasteiger partial charge >= 0.3 is 0 Å².